The zero-order valence-corrected chi connectivity index (χ0v) is 12.1. The Balaban J connectivity index is 1.66. The molecule has 3 rings (SSSR count). The number of amides is 1. The Bertz CT molecular complexity index is 476. The lowest BCUT2D eigenvalue weighted by Gasteiger charge is -2.21. The lowest BCUT2D eigenvalue weighted by molar-refractivity contribution is -0.130. The molecular weight excluding hydrogens is 250 g/mol. The predicted molar refractivity (Wildman–Crippen MR) is 79.0 cm³/mol. The first-order valence-electron chi connectivity index (χ1n) is 7.85. The number of benzene rings is 1. The van der Waals surface area contributed by atoms with E-state index in [2.05, 4.69) is 6.07 Å². The number of carbonyl (C=O) groups excluding carboxylic acids is 1. The van der Waals surface area contributed by atoms with Gasteiger partial charge in [0.05, 0.1) is 13.0 Å². The van der Waals surface area contributed by atoms with Crippen LogP contribution in [0.25, 0.3) is 0 Å². The first-order chi connectivity index (χ1) is 9.83. The van der Waals surface area contributed by atoms with Crippen molar-refractivity contribution in [3.8, 4) is 5.75 Å². The summed E-state index contributed by atoms with van der Waals surface area (Å²) in [7, 11) is 0. The van der Waals surface area contributed by atoms with Crippen LogP contribution in [0.5, 0.6) is 5.75 Å². The maximum absolute atomic E-state index is 12.4. The van der Waals surface area contributed by atoms with Gasteiger partial charge in [-0.05, 0) is 42.9 Å². The molecule has 2 heterocycles. The number of rotatable bonds is 2. The zero-order valence-electron chi connectivity index (χ0n) is 12.1. The van der Waals surface area contributed by atoms with E-state index >= 15 is 0 Å². The standard InChI is InChI=1S/C17H23NO2/c19-17(18-9-3-1-2-4-10-18)13-14-7-8-16-15(12-14)6-5-11-20-16/h7-8,12H,1-6,9-11,13H2. The van der Waals surface area contributed by atoms with Gasteiger partial charge < -0.3 is 9.64 Å². The van der Waals surface area contributed by atoms with E-state index in [0.717, 1.165) is 56.7 Å². The molecule has 1 saturated heterocycles. The fourth-order valence-corrected chi connectivity index (χ4v) is 3.13. The van der Waals surface area contributed by atoms with E-state index < -0.39 is 0 Å². The Morgan fingerprint density at radius 2 is 1.90 bits per heavy atom. The van der Waals surface area contributed by atoms with Gasteiger partial charge in [0.15, 0.2) is 0 Å². The van der Waals surface area contributed by atoms with Gasteiger partial charge in [0.1, 0.15) is 5.75 Å². The van der Waals surface area contributed by atoms with Crippen molar-refractivity contribution < 1.29 is 9.53 Å². The van der Waals surface area contributed by atoms with Crippen molar-refractivity contribution in [3.05, 3.63) is 29.3 Å². The van der Waals surface area contributed by atoms with Crippen LogP contribution in [0.2, 0.25) is 0 Å². The van der Waals surface area contributed by atoms with Crippen molar-refractivity contribution in [1.29, 1.82) is 0 Å². The SMILES string of the molecule is O=C(Cc1ccc2c(c1)CCCO2)N1CCCCCC1. The van der Waals surface area contributed by atoms with Crippen molar-refractivity contribution in [2.75, 3.05) is 19.7 Å². The first-order valence-corrected chi connectivity index (χ1v) is 7.85. The monoisotopic (exact) mass is 273 g/mol. The number of likely N-dealkylation sites (tertiary alicyclic amines) is 1. The molecule has 0 unspecified atom stereocenters. The van der Waals surface area contributed by atoms with E-state index in [-0.39, 0.29) is 5.91 Å². The molecule has 1 aromatic rings. The molecule has 2 aliphatic rings. The molecule has 3 heteroatoms. The van der Waals surface area contributed by atoms with E-state index in [1.165, 1.54) is 18.4 Å². The summed E-state index contributed by atoms with van der Waals surface area (Å²) in [6, 6.07) is 6.23. The van der Waals surface area contributed by atoms with E-state index in [1.54, 1.807) is 0 Å². The Hall–Kier alpha value is -1.51. The summed E-state index contributed by atoms with van der Waals surface area (Å²) >= 11 is 0. The molecule has 0 aliphatic carbocycles. The fraction of sp³-hybridized carbons (Fsp3) is 0.588. The molecule has 1 fully saturated rings. The average Bonchev–Trinajstić information content (AvgIpc) is 2.76. The third kappa shape index (κ3) is 3.14. The molecule has 0 N–H and O–H groups in total. The van der Waals surface area contributed by atoms with Crippen LogP contribution in [-0.4, -0.2) is 30.5 Å². The summed E-state index contributed by atoms with van der Waals surface area (Å²) in [5.74, 6) is 1.28. The maximum atomic E-state index is 12.4. The minimum atomic E-state index is 0.281. The highest BCUT2D eigenvalue weighted by Crippen LogP contribution is 2.26. The smallest absolute Gasteiger partial charge is 0.226 e. The molecule has 0 aromatic heterocycles. The average molecular weight is 273 g/mol. The van der Waals surface area contributed by atoms with Gasteiger partial charge in [-0.25, -0.2) is 0 Å². The number of ether oxygens (including phenoxy) is 1. The van der Waals surface area contributed by atoms with Crippen LogP contribution in [0.4, 0.5) is 0 Å². The highest BCUT2D eigenvalue weighted by Gasteiger charge is 2.17. The number of hydrogen-bond donors (Lipinski definition) is 0. The molecule has 0 saturated carbocycles. The van der Waals surface area contributed by atoms with Crippen LogP contribution in [0.1, 0.15) is 43.2 Å². The highest BCUT2D eigenvalue weighted by atomic mass is 16.5. The number of aryl methyl sites for hydroxylation is 1. The van der Waals surface area contributed by atoms with Crippen LogP contribution in [0.15, 0.2) is 18.2 Å². The van der Waals surface area contributed by atoms with E-state index in [1.807, 2.05) is 17.0 Å². The molecule has 0 atom stereocenters. The Labute approximate surface area is 120 Å². The second-order valence-corrected chi connectivity index (χ2v) is 5.87. The summed E-state index contributed by atoms with van der Waals surface area (Å²) < 4.78 is 5.62. The molecule has 0 spiro atoms. The second-order valence-electron chi connectivity index (χ2n) is 5.87. The molecule has 2 aliphatic heterocycles. The molecule has 3 nitrogen and oxygen atoms in total. The van der Waals surface area contributed by atoms with Crippen LogP contribution in [0, 0.1) is 0 Å². The van der Waals surface area contributed by atoms with Crippen LogP contribution in [-0.2, 0) is 17.6 Å². The molecule has 1 amide bonds. The van der Waals surface area contributed by atoms with Gasteiger partial charge in [-0.1, -0.05) is 25.0 Å². The van der Waals surface area contributed by atoms with Gasteiger partial charge in [-0.2, -0.15) is 0 Å². The van der Waals surface area contributed by atoms with Crippen molar-refractivity contribution in [3.63, 3.8) is 0 Å². The number of carbonyl (C=O) groups is 1. The van der Waals surface area contributed by atoms with Gasteiger partial charge in [0.25, 0.3) is 0 Å². The summed E-state index contributed by atoms with van der Waals surface area (Å²) in [4.78, 5) is 14.4. The number of nitrogens with zero attached hydrogens (tertiary/aromatic N) is 1. The van der Waals surface area contributed by atoms with Crippen LogP contribution in [0.3, 0.4) is 0 Å². The van der Waals surface area contributed by atoms with Gasteiger partial charge >= 0.3 is 0 Å². The van der Waals surface area contributed by atoms with E-state index in [0.29, 0.717) is 6.42 Å². The molecule has 108 valence electrons. The lowest BCUT2D eigenvalue weighted by atomic mass is 10.0. The quantitative estimate of drug-likeness (QED) is 0.829. The van der Waals surface area contributed by atoms with Crippen LogP contribution >= 0.6 is 0 Å². The summed E-state index contributed by atoms with van der Waals surface area (Å²) in [6.45, 7) is 2.69. The van der Waals surface area contributed by atoms with Crippen molar-refractivity contribution in [2.45, 2.75) is 44.9 Å². The van der Waals surface area contributed by atoms with Crippen molar-refractivity contribution in [1.82, 2.24) is 4.90 Å². The van der Waals surface area contributed by atoms with E-state index in [4.69, 9.17) is 4.74 Å². The molecule has 20 heavy (non-hydrogen) atoms. The molecule has 0 radical (unpaired) electrons. The summed E-state index contributed by atoms with van der Waals surface area (Å²) in [5, 5.41) is 0. The topological polar surface area (TPSA) is 29.5 Å². The third-order valence-corrected chi connectivity index (χ3v) is 4.29. The van der Waals surface area contributed by atoms with Crippen molar-refractivity contribution in [2.24, 2.45) is 0 Å². The molecule has 0 bridgehead atoms. The Morgan fingerprint density at radius 3 is 2.70 bits per heavy atom. The minimum Gasteiger partial charge on any atom is -0.493 e. The molecule has 1 aromatic carbocycles. The highest BCUT2D eigenvalue weighted by molar-refractivity contribution is 5.79. The van der Waals surface area contributed by atoms with Gasteiger partial charge in [-0.15, -0.1) is 0 Å². The normalized spacial score (nSPS) is 18.9. The Morgan fingerprint density at radius 1 is 1.10 bits per heavy atom. The second kappa shape index (κ2) is 6.29. The number of hydrogen-bond acceptors (Lipinski definition) is 2. The lowest BCUT2D eigenvalue weighted by Crippen LogP contribution is -2.33. The summed E-state index contributed by atoms with van der Waals surface area (Å²) in [6.07, 6.45) is 7.53. The Kier molecular flexibility index (Phi) is 4.24. The van der Waals surface area contributed by atoms with Gasteiger partial charge in [-0.3, -0.25) is 4.79 Å². The molecular formula is C17H23NO2. The summed E-state index contributed by atoms with van der Waals surface area (Å²) in [5.41, 5.74) is 2.39. The third-order valence-electron chi connectivity index (χ3n) is 4.29. The largest absolute Gasteiger partial charge is 0.493 e. The van der Waals surface area contributed by atoms with E-state index in [9.17, 15) is 4.79 Å². The zero-order chi connectivity index (χ0) is 13.8. The van der Waals surface area contributed by atoms with Gasteiger partial charge in [0.2, 0.25) is 5.91 Å². The van der Waals surface area contributed by atoms with Crippen molar-refractivity contribution >= 4 is 5.91 Å². The minimum absolute atomic E-state index is 0.281. The van der Waals surface area contributed by atoms with Gasteiger partial charge in [0, 0.05) is 13.1 Å². The first kappa shape index (κ1) is 13.5. The maximum Gasteiger partial charge on any atom is 0.226 e. The fourth-order valence-electron chi connectivity index (χ4n) is 3.13. The predicted octanol–water partition coefficient (Wildman–Crippen LogP) is 2.96. The van der Waals surface area contributed by atoms with Crippen LogP contribution < -0.4 is 4.74 Å². The number of fused-ring (bicyclic) bond motifs is 1.